The lowest BCUT2D eigenvalue weighted by Crippen LogP contribution is -2.01. The third-order valence-corrected chi connectivity index (χ3v) is 4.05. The standard InChI is InChI=1S/C18H32/c1-3-5-7-11-17-13-9-15-18(16-10-14-17)12-8-6-4-2/h9-10,13,16-18H,3-8,11-12,14-15H2,1-2H3/b13-9-,16-10-/t17-,18-. The minimum Gasteiger partial charge on any atom is -0.0877 e. The summed E-state index contributed by atoms with van der Waals surface area (Å²) in [5.74, 6) is 1.62. The Bertz CT molecular complexity index is 210. The van der Waals surface area contributed by atoms with Crippen molar-refractivity contribution in [1.82, 2.24) is 0 Å². The Kier molecular flexibility index (Phi) is 8.98. The van der Waals surface area contributed by atoms with Crippen LogP contribution in [0.25, 0.3) is 0 Å². The normalized spacial score (nSPS) is 27.4. The molecule has 2 atom stereocenters. The van der Waals surface area contributed by atoms with Crippen LogP contribution in [0.15, 0.2) is 24.3 Å². The maximum absolute atomic E-state index is 2.49. The number of rotatable bonds is 8. The molecule has 1 aliphatic rings. The lowest BCUT2D eigenvalue weighted by Gasteiger charge is -2.16. The van der Waals surface area contributed by atoms with Crippen LogP contribution >= 0.6 is 0 Å². The third kappa shape index (κ3) is 7.03. The van der Waals surface area contributed by atoms with Crippen LogP contribution in [0, 0.1) is 11.8 Å². The number of unbranched alkanes of at least 4 members (excludes halogenated alkanes) is 4. The topological polar surface area (TPSA) is 0 Å². The monoisotopic (exact) mass is 248 g/mol. The minimum atomic E-state index is 0.810. The van der Waals surface area contributed by atoms with Crippen LogP contribution in [0.3, 0.4) is 0 Å². The summed E-state index contributed by atoms with van der Waals surface area (Å²) in [6.07, 6.45) is 23.5. The zero-order chi connectivity index (χ0) is 13.1. The molecule has 0 bridgehead atoms. The molecule has 104 valence electrons. The second kappa shape index (κ2) is 10.4. The van der Waals surface area contributed by atoms with Crippen LogP contribution in [0.5, 0.6) is 0 Å². The summed E-state index contributed by atoms with van der Waals surface area (Å²) in [4.78, 5) is 0. The molecular weight excluding hydrogens is 216 g/mol. The fraction of sp³-hybridized carbons (Fsp3) is 0.778. The lowest BCUT2D eigenvalue weighted by atomic mass is 9.90. The average molecular weight is 248 g/mol. The fourth-order valence-corrected chi connectivity index (χ4v) is 2.79. The van der Waals surface area contributed by atoms with Crippen molar-refractivity contribution in [2.45, 2.75) is 78.1 Å². The molecule has 0 aromatic carbocycles. The summed E-state index contributed by atoms with van der Waals surface area (Å²) >= 11 is 0. The van der Waals surface area contributed by atoms with Crippen molar-refractivity contribution in [2.75, 3.05) is 0 Å². The van der Waals surface area contributed by atoms with Crippen molar-refractivity contribution in [3.8, 4) is 0 Å². The molecular formula is C18H32. The summed E-state index contributed by atoms with van der Waals surface area (Å²) in [5, 5.41) is 0. The molecule has 0 aromatic heterocycles. The maximum Gasteiger partial charge on any atom is -0.0199 e. The van der Waals surface area contributed by atoms with E-state index in [4.69, 9.17) is 0 Å². The van der Waals surface area contributed by atoms with Crippen molar-refractivity contribution in [2.24, 2.45) is 11.8 Å². The maximum atomic E-state index is 2.49. The molecule has 0 nitrogen and oxygen atoms in total. The predicted octanol–water partition coefficient (Wildman–Crippen LogP) is 6.29. The van der Waals surface area contributed by atoms with Gasteiger partial charge in [0, 0.05) is 0 Å². The van der Waals surface area contributed by atoms with E-state index < -0.39 is 0 Å². The fourth-order valence-electron chi connectivity index (χ4n) is 2.79. The van der Waals surface area contributed by atoms with Gasteiger partial charge in [-0.1, -0.05) is 76.7 Å². The Morgan fingerprint density at radius 2 is 1.17 bits per heavy atom. The van der Waals surface area contributed by atoms with Gasteiger partial charge in [0.1, 0.15) is 0 Å². The summed E-state index contributed by atoms with van der Waals surface area (Å²) < 4.78 is 0. The summed E-state index contributed by atoms with van der Waals surface area (Å²) in [6, 6.07) is 0. The number of allylic oxidation sites excluding steroid dienone is 4. The van der Waals surface area contributed by atoms with Gasteiger partial charge in [-0.25, -0.2) is 0 Å². The van der Waals surface area contributed by atoms with Gasteiger partial charge < -0.3 is 0 Å². The van der Waals surface area contributed by atoms with Gasteiger partial charge in [-0.15, -0.1) is 0 Å². The van der Waals surface area contributed by atoms with E-state index in [-0.39, 0.29) is 0 Å². The molecule has 1 aliphatic carbocycles. The second-order valence-electron chi connectivity index (χ2n) is 5.84. The summed E-state index contributed by atoms with van der Waals surface area (Å²) in [7, 11) is 0. The van der Waals surface area contributed by atoms with E-state index in [1.807, 2.05) is 0 Å². The smallest absolute Gasteiger partial charge is 0.0199 e. The molecule has 0 heteroatoms. The molecule has 0 fully saturated rings. The molecule has 0 N–H and O–H groups in total. The Hall–Kier alpha value is -0.520. The van der Waals surface area contributed by atoms with E-state index in [0.29, 0.717) is 0 Å². The van der Waals surface area contributed by atoms with E-state index in [1.165, 1.54) is 64.2 Å². The van der Waals surface area contributed by atoms with Crippen molar-refractivity contribution in [1.29, 1.82) is 0 Å². The number of hydrogen-bond acceptors (Lipinski definition) is 0. The van der Waals surface area contributed by atoms with Crippen LogP contribution in [0.4, 0.5) is 0 Å². The van der Waals surface area contributed by atoms with Crippen LogP contribution in [0.2, 0.25) is 0 Å². The summed E-state index contributed by atoms with van der Waals surface area (Å²) in [6.45, 7) is 4.57. The Morgan fingerprint density at radius 1 is 0.722 bits per heavy atom. The van der Waals surface area contributed by atoms with Gasteiger partial charge in [-0.3, -0.25) is 0 Å². The molecule has 0 saturated heterocycles. The van der Waals surface area contributed by atoms with Gasteiger partial charge in [-0.05, 0) is 37.5 Å². The Balaban J connectivity index is 2.24. The SMILES string of the molecule is CCCCC[C@@H]1/C=C\C[C@@H](CCCCC)/C=C\C1. The first-order valence-electron chi connectivity index (χ1n) is 8.20. The van der Waals surface area contributed by atoms with E-state index in [0.717, 1.165) is 11.8 Å². The highest BCUT2D eigenvalue weighted by atomic mass is 14.1. The number of hydrogen-bond donors (Lipinski definition) is 0. The molecule has 18 heavy (non-hydrogen) atoms. The van der Waals surface area contributed by atoms with Crippen LogP contribution < -0.4 is 0 Å². The zero-order valence-corrected chi connectivity index (χ0v) is 12.5. The molecule has 0 saturated carbocycles. The Morgan fingerprint density at radius 3 is 1.56 bits per heavy atom. The first kappa shape index (κ1) is 15.5. The zero-order valence-electron chi connectivity index (χ0n) is 12.5. The van der Waals surface area contributed by atoms with Gasteiger partial charge in [0.2, 0.25) is 0 Å². The largest absolute Gasteiger partial charge is 0.0877 e. The molecule has 1 rings (SSSR count). The molecule has 0 radical (unpaired) electrons. The molecule has 0 spiro atoms. The lowest BCUT2D eigenvalue weighted by molar-refractivity contribution is 0.514. The molecule has 0 heterocycles. The average Bonchev–Trinajstić information content (AvgIpc) is 2.34. The summed E-state index contributed by atoms with van der Waals surface area (Å²) in [5.41, 5.74) is 0. The minimum absolute atomic E-state index is 0.810. The van der Waals surface area contributed by atoms with E-state index >= 15 is 0 Å². The van der Waals surface area contributed by atoms with Gasteiger partial charge >= 0.3 is 0 Å². The van der Waals surface area contributed by atoms with Crippen LogP contribution in [-0.4, -0.2) is 0 Å². The van der Waals surface area contributed by atoms with E-state index in [9.17, 15) is 0 Å². The Labute approximate surface area is 115 Å². The van der Waals surface area contributed by atoms with Crippen molar-refractivity contribution in [3.63, 3.8) is 0 Å². The first-order chi connectivity index (χ1) is 8.86. The van der Waals surface area contributed by atoms with E-state index in [2.05, 4.69) is 38.2 Å². The van der Waals surface area contributed by atoms with Crippen LogP contribution in [0.1, 0.15) is 78.1 Å². The van der Waals surface area contributed by atoms with Crippen molar-refractivity contribution < 1.29 is 0 Å². The van der Waals surface area contributed by atoms with Gasteiger partial charge in [-0.2, -0.15) is 0 Å². The van der Waals surface area contributed by atoms with Gasteiger partial charge in [0.15, 0.2) is 0 Å². The third-order valence-electron chi connectivity index (χ3n) is 4.05. The molecule has 0 aliphatic heterocycles. The first-order valence-corrected chi connectivity index (χ1v) is 8.20. The highest BCUT2D eigenvalue weighted by molar-refractivity contribution is 5.01. The van der Waals surface area contributed by atoms with Crippen molar-refractivity contribution >= 4 is 0 Å². The second-order valence-corrected chi connectivity index (χ2v) is 5.84. The molecule has 0 aromatic rings. The highest BCUT2D eigenvalue weighted by Gasteiger charge is 2.08. The van der Waals surface area contributed by atoms with Gasteiger partial charge in [0.25, 0.3) is 0 Å². The quantitative estimate of drug-likeness (QED) is 0.350. The predicted molar refractivity (Wildman–Crippen MR) is 82.8 cm³/mol. The van der Waals surface area contributed by atoms with E-state index in [1.54, 1.807) is 0 Å². The van der Waals surface area contributed by atoms with Crippen molar-refractivity contribution in [3.05, 3.63) is 24.3 Å². The molecule has 0 amide bonds. The molecule has 0 unspecified atom stereocenters. The van der Waals surface area contributed by atoms with Crippen LogP contribution in [-0.2, 0) is 0 Å². The highest BCUT2D eigenvalue weighted by Crippen LogP contribution is 2.23. The van der Waals surface area contributed by atoms with Gasteiger partial charge in [0.05, 0.1) is 0 Å².